The summed E-state index contributed by atoms with van der Waals surface area (Å²) < 4.78 is 6.36. The monoisotopic (exact) mass is 535 g/mol. The van der Waals surface area contributed by atoms with Gasteiger partial charge in [-0.2, -0.15) is 15.5 Å². The Hall–Kier alpha value is -4.47. The quantitative estimate of drug-likeness (QED) is 0.515. The van der Waals surface area contributed by atoms with Gasteiger partial charge >= 0.3 is 0 Å². The van der Waals surface area contributed by atoms with Crippen LogP contribution in [0.3, 0.4) is 0 Å². The highest BCUT2D eigenvalue weighted by molar-refractivity contribution is 5.97. The minimum Gasteiger partial charge on any atom is -0.435 e. The van der Waals surface area contributed by atoms with Crippen molar-refractivity contribution in [2.75, 3.05) is 31.1 Å². The number of nitrogens with zero attached hydrogens (tertiary/aromatic N) is 6. The third-order valence-corrected chi connectivity index (χ3v) is 7.80. The lowest BCUT2D eigenvalue weighted by Gasteiger charge is -2.38. The van der Waals surface area contributed by atoms with Crippen molar-refractivity contribution >= 4 is 11.7 Å². The summed E-state index contributed by atoms with van der Waals surface area (Å²) in [5.41, 5.74) is 6.23. The number of hydrogen-bond donors (Lipinski definition) is 1. The van der Waals surface area contributed by atoms with Gasteiger partial charge in [0.25, 0.3) is 5.91 Å². The van der Waals surface area contributed by atoms with Crippen LogP contribution >= 0.6 is 0 Å². The molecule has 0 unspecified atom stereocenters. The molecular weight excluding hydrogens is 502 g/mol. The van der Waals surface area contributed by atoms with Crippen LogP contribution < -0.4 is 15.0 Å². The number of piperazine rings is 1. The molecule has 9 heteroatoms. The fourth-order valence-corrected chi connectivity index (χ4v) is 5.72. The molecule has 4 heterocycles. The van der Waals surface area contributed by atoms with Gasteiger partial charge in [-0.1, -0.05) is 18.2 Å². The molecule has 1 N–H and O–H groups in total. The standard InChI is InChI=1S/C31H33N7O2/c1-19-6-5-7-20(2)27(19)31(39)38-14-10-24-26(18-38)25(16-33)30(40-28-21(3)9-12-34-22(28)4)36-29(24)37-15-13-35-23(17-37)8-11-32/h5-7,9,12,23,35H,8,10,13-15,17-18H2,1-4H3/t23-/m1/s1. The van der Waals surface area contributed by atoms with E-state index in [9.17, 15) is 15.3 Å². The second-order valence-electron chi connectivity index (χ2n) is 10.5. The Kier molecular flexibility index (Phi) is 7.68. The van der Waals surface area contributed by atoms with E-state index in [-0.39, 0.29) is 24.4 Å². The first-order chi connectivity index (χ1) is 19.3. The SMILES string of the molecule is Cc1ccnc(C)c1Oc1nc(N2CCN[C@H](CC#N)C2)c2c(c1C#N)CN(C(=O)c1c(C)cccc1C)CC2. The minimum absolute atomic E-state index is 0.0183. The molecule has 2 aliphatic heterocycles. The predicted octanol–water partition coefficient (Wildman–Crippen LogP) is 4.26. The van der Waals surface area contributed by atoms with E-state index < -0.39 is 0 Å². The number of nitriles is 2. The molecule has 0 saturated carbocycles. The Morgan fingerprint density at radius 2 is 1.88 bits per heavy atom. The fourth-order valence-electron chi connectivity index (χ4n) is 5.72. The number of pyridine rings is 2. The lowest BCUT2D eigenvalue weighted by molar-refractivity contribution is 0.0732. The molecule has 1 aromatic carbocycles. The van der Waals surface area contributed by atoms with Crippen LogP contribution in [-0.2, 0) is 13.0 Å². The molecular formula is C31H33N7O2. The summed E-state index contributed by atoms with van der Waals surface area (Å²) in [6, 6.07) is 12.3. The van der Waals surface area contributed by atoms with Crippen molar-refractivity contribution in [1.82, 2.24) is 20.2 Å². The van der Waals surface area contributed by atoms with Crippen LogP contribution in [0.4, 0.5) is 5.82 Å². The Labute approximate surface area is 235 Å². The topological polar surface area (TPSA) is 118 Å². The molecule has 1 saturated heterocycles. The van der Waals surface area contributed by atoms with Crippen molar-refractivity contribution < 1.29 is 9.53 Å². The Bertz CT molecular complexity index is 1510. The van der Waals surface area contributed by atoms with Crippen LogP contribution in [0.15, 0.2) is 30.5 Å². The highest BCUT2D eigenvalue weighted by atomic mass is 16.5. The number of aryl methyl sites for hydroxylation is 4. The number of rotatable bonds is 5. The van der Waals surface area contributed by atoms with E-state index in [1.165, 1.54) is 0 Å². The van der Waals surface area contributed by atoms with Gasteiger partial charge in [0, 0.05) is 61.7 Å². The molecule has 5 rings (SSSR count). The average Bonchev–Trinajstić information content (AvgIpc) is 2.94. The third kappa shape index (κ3) is 5.09. The van der Waals surface area contributed by atoms with E-state index in [0.717, 1.165) is 40.2 Å². The highest BCUT2D eigenvalue weighted by Gasteiger charge is 2.33. The van der Waals surface area contributed by atoms with Gasteiger partial charge in [-0.05, 0) is 56.9 Å². The molecule has 1 amide bonds. The van der Waals surface area contributed by atoms with Crippen molar-refractivity contribution in [2.24, 2.45) is 0 Å². The Morgan fingerprint density at radius 3 is 2.58 bits per heavy atom. The number of hydrogen-bond acceptors (Lipinski definition) is 8. The maximum atomic E-state index is 13.8. The summed E-state index contributed by atoms with van der Waals surface area (Å²) in [6.07, 6.45) is 2.69. The summed E-state index contributed by atoms with van der Waals surface area (Å²) in [5.74, 6) is 1.50. The summed E-state index contributed by atoms with van der Waals surface area (Å²) in [4.78, 5) is 27.1. The van der Waals surface area contributed by atoms with Crippen LogP contribution in [0, 0.1) is 50.4 Å². The van der Waals surface area contributed by atoms with Crippen molar-refractivity contribution in [3.63, 3.8) is 0 Å². The van der Waals surface area contributed by atoms with Crippen LogP contribution in [0.1, 0.15) is 55.9 Å². The van der Waals surface area contributed by atoms with Crippen LogP contribution in [-0.4, -0.2) is 53.0 Å². The van der Waals surface area contributed by atoms with E-state index in [1.807, 2.05) is 56.9 Å². The number of carbonyl (C=O) groups is 1. The summed E-state index contributed by atoms with van der Waals surface area (Å²) in [7, 11) is 0. The molecule has 2 aromatic heterocycles. The Morgan fingerprint density at radius 1 is 1.10 bits per heavy atom. The van der Waals surface area contributed by atoms with E-state index >= 15 is 0 Å². The van der Waals surface area contributed by atoms with Gasteiger partial charge in [0.15, 0.2) is 5.75 Å². The number of amides is 1. The minimum atomic E-state index is -0.0406. The van der Waals surface area contributed by atoms with Gasteiger partial charge in [-0.15, -0.1) is 0 Å². The number of fused-ring (bicyclic) bond motifs is 1. The van der Waals surface area contributed by atoms with Gasteiger partial charge in [0.05, 0.1) is 18.2 Å². The number of carbonyl (C=O) groups excluding carboxylic acids is 1. The zero-order chi connectivity index (χ0) is 28.4. The number of aromatic nitrogens is 2. The lowest BCUT2D eigenvalue weighted by Crippen LogP contribution is -2.51. The fraction of sp³-hybridized carbons (Fsp3) is 0.387. The molecule has 1 atom stereocenters. The highest BCUT2D eigenvalue weighted by Crippen LogP contribution is 2.38. The largest absolute Gasteiger partial charge is 0.435 e. The van der Waals surface area contributed by atoms with E-state index in [2.05, 4.69) is 27.3 Å². The number of ether oxygens (including phenoxy) is 1. The number of nitrogens with one attached hydrogen (secondary N) is 1. The molecule has 0 bridgehead atoms. The van der Waals surface area contributed by atoms with Gasteiger partial charge < -0.3 is 19.9 Å². The maximum Gasteiger partial charge on any atom is 0.254 e. The zero-order valence-electron chi connectivity index (χ0n) is 23.4. The van der Waals surface area contributed by atoms with Crippen molar-refractivity contribution in [1.29, 1.82) is 10.5 Å². The smallest absolute Gasteiger partial charge is 0.254 e. The van der Waals surface area contributed by atoms with Gasteiger partial charge in [-0.3, -0.25) is 9.78 Å². The summed E-state index contributed by atoms with van der Waals surface area (Å²) in [6.45, 7) is 10.6. The van der Waals surface area contributed by atoms with Gasteiger partial charge in [0.1, 0.15) is 17.5 Å². The molecule has 40 heavy (non-hydrogen) atoms. The van der Waals surface area contributed by atoms with E-state index in [0.29, 0.717) is 55.0 Å². The molecule has 0 aliphatic carbocycles. The maximum absolute atomic E-state index is 13.8. The summed E-state index contributed by atoms with van der Waals surface area (Å²) in [5, 5.41) is 23.1. The Balaban J connectivity index is 1.61. The molecule has 0 radical (unpaired) electrons. The number of benzene rings is 1. The predicted molar refractivity (Wildman–Crippen MR) is 151 cm³/mol. The van der Waals surface area contributed by atoms with E-state index in [4.69, 9.17) is 9.72 Å². The first kappa shape index (κ1) is 27.1. The van der Waals surface area contributed by atoms with Gasteiger partial charge in [0.2, 0.25) is 5.88 Å². The lowest BCUT2D eigenvalue weighted by atomic mass is 9.94. The van der Waals surface area contributed by atoms with Crippen molar-refractivity contribution in [3.05, 3.63) is 75.1 Å². The molecule has 1 fully saturated rings. The molecule has 0 spiro atoms. The zero-order valence-corrected chi connectivity index (χ0v) is 23.4. The summed E-state index contributed by atoms with van der Waals surface area (Å²) >= 11 is 0. The normalized spacial score (nSPS) is 16.6. The van der Waals surface area contributed by atoms with Crippen LogP contribution in [0.25, 0.3) is 0 Å². The van der Waals surface area contributed by atoms with Gasteiger partial charge in [-0.25, -0.2) is 0 Å². The van der Waals surface area contributed by atoms with E-state index in [1.54, 1.807) is 6.20 Å². The average molecular weight is 536 g/mol. The molecule has 9 nitrogen and oxygen atoms in total. The first-order valence-electron chi connectivity index (χ1n) is 13.6. The second-order valence-corrected chi connectivity index (χ2v) is 10.5. The molecule has 2 aliphatic rings. The van der Waals surface area contributed by atoms with Crippen molar-refractivity contribution in [2.45, 2.75) is 53.1 Å². The third-order valence-electron chi connectivity index (χ3n) is 7.80. The number of anilines is 1. The molecule has 3 aromatic rings. The van der Waals surface area contributed by atoms with Crippen molar-refractivity contribution in [3.8, 4) is 23.8 Å². The first-order valence-corrected chi connectivity index (χ1v) is 13.6. The van der Waals surface area contributed by atoms with Crippen LogP contribution in [0.5, 0.6) is 11.6 Å². The second kappa shape index (κ2) is 11.3. The van der Waals surface area contributed by atoms with Crippen LogP contribution in [0.2, 0.25) is 0 Å². The molecule has 204 valence electrons.